The standard InChI is InChI=1S/C4H7ClN2/c1-4-6-2-3-7(4)5/h2-3H2,1H3. The van der Waals surface area contributed by atoms with Gasteiger partial charge >= 0.3 is 0 Å². The van der Waals surface area contributed by atoms with Gasteiger partial charge in [0.05, 0.1) is 13.1 Å². The van der Waals surface area contributed by atoms with Crippen molar-refractivity contribution >= 4 is 17.6 Å². The van der Waals surface area contributed by atoms with E-state index in [1.807, 2.05) is 6.92 Å². The van der Waals surface area contributed by atoms with Crippen LogP contribution in [-0.2, 0) is 0 Å². The first-order valence-electron chi connectivity index (χ1n) is 2.25. The summed E-state index contributed by atoms with van der Waals surface area (Å²) in [5, 5.41) is 0. The molecule has 0 bridgehead atoms. The lowest BCUT2D eigenvalue weighted by Crippen LogP contribution is -2.12. The van der Waals surface area contributed by atoms with Gasteiger partial charge in [-0.2, -0.15) is 0 Å². The van der Waals surface area contributed by atoms with Crippen LogP contribution in [0.15, 0.2) is 4.99 Å². The van der Waals surface area contributed by atoms with Gasteiger partial charge in [-0.05, 0) is 6.92 Å². The Morgan fingerprint density at radius 3 is 2.71 bits per heavy atom. The first-order chi connectivity index (χ1) is 3.30. The van der Waals surface area contributed by atoms with Crippen molar-refractivity contribution in [3.05, 3.63) is 0 Å². The summed E-state index contributed by atoms with van der Waals surface area (Å²) in [5.74, 6) is 0.932. The summed E-state index contributed by atoms with van der Waals surface area (Å²) < 4.78 is 1.62. The van der Waals surface area contributed by atoms with Crippen LogP contribution in [0.4, 0.5) is 0 Å². The van der Waals surface area contributed by atoms with Crippen molar-refractivity contribution in [2.45, 2.75) is 6.92 Å². The molecule has 1 aliphatic heterocycles. The summed E-state index contributed by atoms with van der Waals surface area (Å²) in [4.78, 5) is 4.03. The molecule has 40 valence electrons. The Bertz CT molecular complexity index is 99.9. The Hall–Kier alpha value is -0.240. The Morgan fingerprint density at radius 2 is 2.57 bits per heavy atom. The predicted octanol–water partition coefficient (Wildman–Crippen LogP) is 0.874. The summed E-state index contributed by atoms with van der Waals surface area (Å²) in [5.41, 5.74) is 0. The number of rotatable bonds is 0. The monoisotopic (exact) mass is 118 g/mol. The fraction of sp³-hybridized carbons (Fsp3) is 0.750. The molecule has 0 radical (unpaired) electrons. The molecular weight excluding hydrogens is 112 g/mol. The number of aliphatic imine (C=N–C) groups is 1. The fourth-order valence-corrected chi connectivity index (χ4v) is 0.667. The highest BCUT2D eigenvalue weighted by Crippen LogP contribution is 2.02. The largest absolute Gasteiger partial charge is 0.271 e. The van der Waals surface area contributed by atoms with E-state index in [1.165, 1.54) is 0 Å². The van der Waals surface area contributed by atoms with E-state index in [2.05, 4.69) is 4.99 Å². The topological polar surface area (TPSA) is 15.6 Å². The maximum Gasteiger partial charge on any atom is 0.110 e. The van der Waals surface area contributed by atoms with E-state index in [4.69, 9.17) is 11.8 Å². The van der Waals surface area contributed by atoms with Crippen LogP contribution < -0.4 is 0 Å². The van der Waals surface area contributed by atoms with Crippen LogP contribution in [0, 0.1) is 0 Å². The van der Waals surface area contributed by atoms with Crippen molar-refractivity contribution in [3.8, 4) is 0 Å². The number of hydrogen-bond donors (Lipinski definition) is 0. The zero-order valence-electron chi connectivity index (χ0n) is 4.19. The molecule has 0 saturated carbocycles. The first kappa shape index (κ1) is 4.91. The summed E-state index contributed by atoms with van der Waals surface area (Å²) in [7, 11) is 0. The molecule has 0 unspecified atom stereocenters. The van der Waals surface area contributed by atoms with Gasteiger partial charge in [0, 0.05) is 11.8 Å². The molecule has 0 saturated heterocycles. The van der Waals surface area contributed by atoms with E-state index >= 15 is 0 Å². The molecule has 0 N–H and O–H groups in total. The van der Waals surface area contributed by atoms with Gasteiger partial charge in [-0.3, -0.25) is 9.41 Å². The second-order valence-corrected chi connectivity index (χ2v) is 1.92. The minimum absolute atomic E-state index is 0.856. The van der Waals surface area contributed by atoms with E-state index < -0.39 is 0 Å². The second kappa shape index (κ2) is 1.70. The Balaban J connectivity index is 2.54. The van der Waals surface area contributed by atoms with Crippen LogP contribution in [0.1, 0.15) is 6.92 Å². The molecule has 0 fully saturated rings. The molecule has 0 amide bonds. The molecule has 0 aliphatic carbocycles. The van der Waals surface area contributed by atoms with E-state index in [0.29, 0.717) is 0 Å². The van der Waals surface area contributed by atoms with Crippen molar-refractivity contribution in [2.75, 3.05) is 13.1 Å². The third kappa shape index (κ3) is 0.855. The minimum atomic E-state index is 0.856. The van der Waals surface area contributed by atoms with Crippen LogP contribution in [0.3, 0.4) is 0 Å². The summed E-state index contributed by atoms with van der Waals surface area (Å²) in [6.45, 7) is 3.63. The van der Waals surface area contributed by atoms with Gasteiger partial charge in [0.25, 0.3) is 0 Å². The van der Waals surface area contributed by atoms with Crippen LogP contribution >= 0.6 is 11.8 Å². The van der Waals surface area contributed by atoms with Gasteiger partial charge in [0.15, 0.2) is 0 Å². The Morgan fingerprint density at radius 1 is 1.86 bits per heavy atom. The molecular formula is C4H7ClN2. The van der Waals surface area contributed by atoms with Crippen molar-refractivity contribution in [1.29, 1.82) is 0 Å². The normalized spacial score (nSPS) is 20.3. The van der Waals surface area contributed by atoms with Gasteiger partial charge in [-0.15, -0.1) is 0 Å². The SMILES string of the molecule is CC1=NCCN1Cl. The molecule has 2 nitrogen and oxygen atoms in total. The lowest BCUT2D eigenvalue weighted by atomic mass is 10.7. The van der Waals surface area contributed by atoms with E-state index in [0.717, 1.165) is 18.9 Å². The number of halogens is 1. The maximum absolute atomic E-state index is 5.57. The average Bonchev–Trinajstić information content (AvgIpc) is 1.91. The lowest BCUT2D eigenvalue weighted by Gasteiger charge is -2.02. The van der Waals surface area contributed by atoms with Gasteiger partial charge < -0.3 is 0 Å². The Kier molecular flexibility index (Phi) is 1.19. The van der Waals surface area contributed by atoms with Crippen molar-refractivity contribution < 1.29 is 0 Å². The number of hydrogen-bond acceptors (Lipinski definition) is 2. The second-order valence-electron chi connectivity index (χ2n) is 1.51. The minimum Gasteiger partial charge on any atom is -0.271 e. The van der Waals surface area contributed by atoms with E-state index in [-0.39, 0.29) is 0 Å². The van der Waals surface area contributed by atoms with Crippen molar-refractivity contribution in [2.24, 2.45) is 4.99 Å². The molecule has 7 heavy (non-hydrogen) atoms. The van der Waals surface area contributed by atoms with Gasteiger partial charge in [0.2, 0.25) is 0 Å². The molecule has 0 aromatic carbocycles. The average molecular weight is 119 g/mol. The zero-order chi connectivity index (χ0) is 5.28. The van der Waals surface area contributed by atoms with Gasteiger partial charge in [0.1, 0.15) is 5.84 Å². The van der Waals surface area contributed by atoms with Crippen molar-refractivity contribution in [1.82, 2.24) is 4.42 Å². The molecule has 3 heteroatoms. The molecule has 0 atom stereocenters. The van der Waals surface area contributed by atoms with Crippen LogP contribution in [0.5, 0.6) is 0 Å². The van der Waals surface area contributed by atoms with Gasteiger partial charge in [-0.1, -0.05) is 0 Å². The molecule has 1 aliphatic rings. The number of nitrogens with zero attached hydrogens (tertiary/aromatic N) is 2. The maximum atomic E-state index is 5.57. The third-order valence-corrected chi connectivity index (χ3v) is 1.40. The molecule has 0 aromatic rings. The Labute approximate surface area is 47.9 Å². The van der Waals surface area contributed by atoms with E-state index in [9.17, 15) is 0 Å². The molecule has 1 rings (SSSR count). The predicted molar refractivity (Wildman–Crippen MR) is 30.5 cm³/mol. The van der Waals surface area contributed by atoms with Crippen LogP contribution in [-0.4, -0.2) is 23.3 Å². The fourth-order valence-electron chi connectivity index (χ4n) is 0.538. The number of amidine groups is 1. The summed E-state index contributed by atoms with van der Waals surface area (Å²) in [6.07, 6.45) is 0. The highest BCUT2D eigenvalue weighted by atomic mass is 35.5. The highest BCUT2D eigenvalue weighted by molar-refractivity contribution is 6.22. The van der Waals surface area contributed by atoms with E-state index in [1.54, 1.807) is 4.42 Å². The first-order valence-corrected chi connectivity index (χ1v) is 2.59. The molecule has 1 heterocycles. The van der Waals surface area contributed by atoms with Gasteiger partial charge in [-0.25, -0.2) is 0 Å². The smallest absolute Gasteiger partial charge is 0.110 e. The third-order valence-electron chi connectivity index (χ3n) is 0.988. The molecule has 0 aromatic heterocycles. The lowest BCUT2D eigenvalue weighted by molar-refractivity contribution is 0.714. The quantitative estimate of drug-likeness (QED) is 0.431. The summed E-state index contributed by atoms with van der Waals surface area (Å²) in [6, 6.07) is 0. The van der Waals surface area contributed by atoms with Crippen molar-refractivity contribution in [3.63, 3.8) is 0 Å². The van der Waals surface area contributed by atoms with Crippen LogP contribution in [0.25, 0.3) is 0 Å². The highest BCUT2D eigenvalue weighted by Gasteiger charge is 2.07. The summed E-state index contributed by atoms with van der Waals surface area (Å²) >= 11 is 5.57. The molecule has 0 spiro atoms. The zero-order valence-corrected chi connectivity index (χ0v) is 4.94. The van der Waals surface area contributed by atoms with Crippen LogP contribution in [0.2, 0.25) is 0 Å².